The Morgan fingerprint density at radius 2 is 1.89 bits per heavy atom. The van der Waals surface area contributed by atoms with Gasteiger partial charge in [0.2, 0.25) is 0 Å². The standard InChI is InChI=1S/C25H33NO/c1-23(27)12-13-24(2)18(15-23)6-7-19-21-9-8-20(17-5-4-14-26-16-17)25(21,3)11-10-22(19)24/h4-5,8-9,14,16,18-19,22,27H,6-7,10-13,15H2,1-3H3/t18?,19-,22-,23-,24-,25+/m0/s1. The maximum Gasteiger partial charge on any atom is 0.0622 e. The van der Waals surface area contributed by atoms with Crippen molar-refractivity contribution in [3.8, 4) is 0 Å². The normalized spacial score (nSPS) is 46.0. The Morgan fingerprint density at radius 1 is 1.04 bits per heavy atom. The van der Waals surface area contributed by atoms with Crippen LogP contribution >= 0.6 is 0 Å². The van der Waals surface area contributed by atoms with Crippen LogP contribution in [0.3, 0.4) is 0 Å². The summed E-state index contributed by atoms with van der Waals surface area (Å²) in [4.78, 5) is 4.37. The van der Waals surface area contributed by atoms with E-state index in [1.165, 1.54) is 43.2 Å². The number of hydrogen-bond acceptors (Lipinski definition) is 2. The van der Waals surface area contributed by atoms with Gasteiger partial charge < -0.3 is 5.11 Å². The molecule has 0 spiro atoms. The first kappa shape index (κ1) is 17.7. The van der Waals surface area contributed by atoms with Crippen LogP contribution in [0.4, 0.5) is 0 Å². The van der Waals surface area contributed by atoms with Gasteiger partial charge in [0.1, 0.15) is 0 Å². The number of pyridine rings is 1. The van der Waals surface area contributed by atoms with Gasteiger partial charge in [0.25, 0.3) is 0 Å². The second-order valence-electron chi connectivity index (χ2n) is 10.5. The molecule has 0 aliphatic heterocycles. The van der Waals surface area contributed by atoms with Gasteiger partial charge in [-0.3, -0.25) is 4.98 Å². The minimum absolute atomic E-state index is 0.188. The summed E-state index contributed by atoms with van der Waals surface area (Å²) in [6.45, 7) is 7.08. The zero-order valence-corrected chi connectivity index (χ0v) is 17.0. The molecule has 0 aromatic carbocycles. The fraction of sp³-hybridized carbons (Fsp3) is 0.640. The average molecular weight is 364 g/mol. The third kappa shape index (κ3) is 2.52. The summed E-state index contributed by atoms with van der Waals surface area (Å²) in [5, 5.41) is 10.7. The molecule has 0 amide bonds. The van der Waals surface area contributed by atoms with Gasteiger partial charge in [0.05, 0.1) is 5.60 Å². The van der Waals surface area contributed by atoms with Crippen molar-refractivity contribution in [2.45, 2.75) is 71.3 Å². The van der Waals surface area contributed by atoms with Crippen LogP contribution in [-0.4, -0.2) is 15.7 Å². The van der Waals surface area contributed by atoms with Gasteiger partial charge in [-0.05, 0) is 92.2 Å². The highest BCUT2D eigenvalue weighted by atomic mass is 16.3. The summed E-state index contributed by atoms with van der Waals surface area (Å²) in [6, 6.07) is 4.28. The van der Waals surface area contributed by atoms with Gasteiger partial charge in [0.15, 0.2) is 0 Å². The number of aromatic nitrogens is 1. The molecular formula is C25H33NO. The fourth-order valence-corrected chi connectivity index (χ4v) is 7.36. The summed E-state index contributed by atoms with van der Waals surface area (Å²) in [7, 11) is 0. The quantitative estimate of drug-likeness (QED) is 0.685. The molecule has 27 heavy (non-hydrogen) atoms. The molecule has 1 unspecified atom stereocenters. The van der Waals surface area contributed by atoms with Crippen molar-refractivity contribution in [3.63, 3.8) is 0 Å². The first-order valence-corrected chi connectivity index (χ1v) is 10.9. The zero-order chi connectivity index (χ0) is 18.9. The van der Waals surface area contributed by atoms with Crippen molar-refractivity contribution in [1.29, 1.82) is 0 Å². The van der Waals surface area contributed by atoms with Gasteiger partial charge in [0, 0.05) is 17.8 Å². The first-order chi connectivity index (χ1) is 12.8. The molecule has 1 aromatic heterocycles. The molecule has 144 valence electrons. The molecule has 0 saturated heterocycles. The molecule has 2 nitrogen and oxygen atoms in total. The van der Waals surface area contributed by atoms with E-state index < -0.39 is 5.60 Å². The van der Waals surface area contributed by atoms with Crippen LogP contribution in [0.1, 0.15) is 71.3 Å². The monoisotopic (exact) mass is 363 g/mol. The van der Waals surface area contributed by atoms with E-state index in [2.05, 4.69) is 50.0 Å². The lowest BCUT2D eigenvalue weighted by Gasteiger charge is -2.60. The third-order valence-electron chi connectivity index (χ3n) is 8.97. The maximum atomic E-state index is 10.7. The molecule has 3 saturated carbocycles. The predicted octanol–water partition coefficient (Wildman–Crippen LogP) is 5.79. The lowest BCUT2D eigenvalue weighted by molar-refractivity contribution is -0.113. The molecule has 1 N–H and O–H groups in total. The van der Waals surface area contributed by atoms with Crippen LogP contribution in [-0.2, 0) is 0 Å². The molecule has 0 bridgehead atoms. The van der Waals surface area contributed by atoms with E-state index in [4.69, 9.17) is 0 Å². The molecule has 3 fully saturated rings. The van der Waals surface area contributed by atoms with Crippen molar-refractivity contribution in [3.05, 3.63) is 47.8 Å². The van der Waals surface area contributed by atoms with Crippen molar-refractivity contribution in [2.24, 2.45) is 28.6 Å². The number of nitrogens with zero attached hydrogens (tertiary/aromatic N) is 1. The molecule has 4 aliphatic rings. The topological polar surface area (TPSA) is 33.1 Å². The van der Waals surface area contributed by atoms with Crippen LogP contribution < -0.4 is 0 Å². The van der Waals surface area contributed by atoms with E-state index in [1.54, 1.807) is 5.57 Å². The van der Waals surface area contributed by atoms with Gasteiger partial charge in [-0.1, -0.05) is 37.6 Å². The van der Waals surface area contributed by atoms with Crippen LogP contribution in [0.15, 0.2) is 42.3 Å². The Kier molecular flexibility index (Phi) is 3.79. The lowest BCUT2D eigenvalue weighted by atomic mass is 9.45. The highest BCUT2D eigenvalue weighted by molar-refractivity contribution is 5.78. The van der Waals surface area contributed by atoms with Crippen molar-refractivity contribution in [2.75, 3.05) is 0 Å². The predicted molar refractivity (Wildman–Crippen MR) is 110 cm³/mol. The molecule has 6 atom stereocenters. The highest BCUT2D eigenvalue weighted by Gasteiger charge is 2.57. The number of hydrogen-bond donors (Lipinski definition) is 1. The molecule has 2 heteroatoms. The lowest BCUT2D eigenvalue weighted by Crippen LogP contribution is -2.53. The SMILES string of the molecule is C[C@]1(O)CC[C@@]2(C)C(CC[C@H]3C4=CC=C(c5cccnc5)[C@@]4(C)CC[C@@H]32)C1. The van der Waals surface area contributed by atoms with Crippen LogP contribution in [0.25, 0.3) is 5.57 Å². The van der Waals surface area contributed by atoms with Crippen molar-refractivity contribution in [1.82, 2.24) is 4.98 Å². The summed E-state index contributed by atoms with van der Waals surface area (Å²) >= 11 is 0. The van der Waals surface area contributed by atoms with E-state index in [9.17, 15) is 5.11 Å². The molecule has 1 heterocycles. The fourth-order valence-electron chi connectivity index (χ4n) is 7.36. The van der Waals surface area contributed by atoms with Crippen LogP contribution in [0.2, 0.25) is 0 Å². The highest BCUT2D eigenvalue weighted by Crippen LogP contribution is 2.66. The second-order valence-corrected chi connectivity index (χ2v) is 10.5. The number of allylic oxidation sites excluding steroid dienone is 4. The van der Waals surface area contributed by atoms with Crippen LogP contribution in [0.5, 0.6) is 0 Å². The number of aliphatic hydroxyl groups is 1. The Bertz CT molecular complexity index is 807. The molecule has 0 radical (unpaired) electrons. The van der Waals surface area contributed by atoms with E-state index in [0.29, 0.717) is 11.3 Å². The van der Waals surface area contributed by atoms with Gasteiger partial charge >= 0.3 is 0 Å². The van der Waals surface area contributed by atoms with E-state index in [1.807, 2.05) is 12.4 Å². The number of rotatable bonds is 1. The van der Waals surface area contributed by atoms with E-state index in [0.717, 1.165) is 24.7 Å². The molecular weight excluding hydrogens is 330 g/mol. The minimum atomic E-state index is -0.443. The summed E-state index contributed by atoms with van der Waals surface area (Å²) in [5.41, 5.74) is 4.61. The van der Waals surface area contributed by atoms with Crippen molar-refractivity contribution >= 4 is 5.57 Å². The smallest absolute Gasteiger partial charge is 0.0622 e. The number of fused-ring (bicyclic) bond motifs is 5. The molecule has 5 rings (SSSR count). The Labute approximate surface area is 163 Å². The molecule has 1 aromatic rings. The third-order valence-corrected chi connectivity index (χ3v) is 8.97. The Hall–Kier alpha value is -1.41. The van der Waals surface area contributed by atoms with E-state index >= 15 is 0 Å². The van der Waals surface area contributed by atoms with Crippen LogP contribution in [0, 0.1) is 28.6 Å². The zero-order valence-electron chi connectivity index (χ0n) is 17.0. The first-order valence-electron chi connectivity index (χ1n) is 10.9. The maximum absolute atomic E-state index is 10.7. The Balaban J connectivity index is 1.45. The average Bonchev–Trinajstić information content (AvgIpc) is 3.00. The molecule has 4 aliphatic carbocycles. The summed E-state index contributed by atoms with van der Waals surface area (Å²) in [6.07, 6.45) is 17.1. The van der Waals surface area contributed by atoms with Gasteiger partial charge in [-0.15, -0.1) is 0 Å². The Morgan fingerprint density at radius 3 is 2.67 bits per heavy atom. The summed E-state index contributed by atoms with van der Waals surface area (Å²) in [5.74, 6) is 2.20. The minimum Gasteiger partial charge on any atom is -0.390 e. The van der Waals surface area contributed by atoms with Crippen molar-refractivity contribution < 1.29 is 5.11 Å². The van der Waals surface area contributed by atoms with Gasteiger partial charge in [-0.2, -0.15) is 0 Å². The largest absolute Gasteiger partial charge is 0.390 e. The van der Waals surface area contributed by atoms with E-state index in [-0.39, 0.29) is 5.41 Å². The second kappa shape index (κ2) is 5.80. The van der Waals surface area contributed by atoms with Gasteiger partial charge in [-0.25, -0.2) is 0 Å². The summed E-state index contributed by atoms with van der Waals surface area (Å²) < 4.78 is 0.